The van der Waals surface area contributed by atoms with Gasteiger partial charge in [0, 0.05) is 6.61 Å². The van der Waals surface area contributed by atoms with Crippen molar-refractivity contribution < 1.29 is 20.1 Å². The summed E-state index contributed by atoms with van der Waals surface area (Å²) in [4.78, 5) is 9.82. The first-order chi connectivity index (χ1) is 9.88. The summed E-state index contributed by atoms with van der Waals surface area (Å²) in [5.74, 6) is -2.18. The Morgan fingerprint density at radius 2 is 2.14 bits per heavy atom. The number of aliphatic imine (C=N–C) groups is 2. The molecular weight excluding hydrogens is 280 g/mol. The molecule has 0 aromatic carbocycles. The van der Waals surface area contributed by atoms with E-state index in [4.69, 9.17) is 16.2 Å². The average Bonchev–Trinajstić information content (AvgIpc) is 2.88. The molecule has 1 fully saturated rings. The zero-order valence-corrected chi connectivity index (χ0v) is 11.6. The molecule has 4 atom stereocenters. The van der Waals surface area contributed by atoms with Crippen LogP contribution in [0.2, 0.25) is 0 Å². The Morgan fingerprint density at radius 3 is 2.76 bits per heavy atom. The highest BCUT2D eigenvalue weighted by Crippen LogP contribution is 2.45. The first-order valence-corrected chi connectivity index (χ1v) is 6.78. The van der Waals surface area contributed by atoms with Gasteiger partial charge in [0.25, 0.3) is 0 Å². The predicted molar refractivity (Wildman–Crippen MR) is 73.1 cm³/mol. The van der Waals surface area contributed by atoms with Crippen LogP contribution in [0.1, 0.15) is 6.92 Å². The van der Waals surface area contributed by atoms with E-state index in [0.29, 0.717) is 6.61 Å². The third-order valence-corrected chi connectivity index (χ3v) is 4.30. The van der Waals surface area contributed by atoms with Gasteiger partial charge in [-0.05, 0) is 6.92 Å². The van der Waals surface area contributed by atoms with Crippen molar-refractivity contribution in [1.29, 1.82) is 0 Å². The fourth-order valence-corrected chi connectivity index (χ4v) is 3.42. The maximum atomic E-state index is 10.7. The van der Waals surface area contributed by atoms with Crippen molar-refractivity contribution in [1.82, 2.24) is 10.2 Å². The number of nitrogens with zero attached hydrogens (tertiary/aromatic N) is 3. The molecule has 0 aliphatic carbocycles. The van der Waals surface area contributed by atoms with Crippen LogP contribution in [0, 0.1) is 0 Å². The standard InChI is InChI=1S/C11H20N6O4/c1-2-21-6-3-17-9(13)14-5(4-18)7-10(17,11(6,19)20)16-8(12)15-7/h5-7,18-20H,2-4H2,1H3,(H2,13,14)(H3,12,15,16)/t5-,6-,7?,10-/m0/s1. The molecule has 0 aromatic heterocycles. The number of guanidine groups is 2. The summed E-state index contributed by atoms with van der Waals surface area (Å²) in [5.41, 5.74) is 10.2. The fraction of sp³-hybridized carbons (Fsp3) is 0.818. The second-order valence-corrected chi connectivity index (χ2v) is 5.37. The minimum absolute atomic E-state index is 0.0398. The molecule has 0 saturated carbocycles. The van der Waals surface area contributed by atoms with E-state index in [1.54, 1.807) is 6.92 Å². The van der Waals surface area contributed by atoms with Crippen molar-refractivity contribution in [3.8, 4) is 0 Å². The van der Waals surface area contributed by atoms with Crippen molar-refractivity contribution in [3.63, 3.8) is 0 Å². The normalized spacial score (nSPS) is 40.2. The molecule has 10 nitrogen and oxygen atoms in total. The smallest absolute Gasteiger partial charge is 0.237 e. The third kappa shape index (κ3) is 1.61. The van der Waals surface area contributed by atoms with Gasteiger partial charge in [0.15, 0.2) is 17.6 Å². The molecule has 0 radical (unpaired) electrons. The van der Waals surface area contributed by atoms with E-state index >= 15 is 0 Å². The molecule has 1 spiro atoms. The monoisotopic (exact) mass is 300 g/mol. The molecule has 0 aromatic rings. The van der Waals surface area contributed by atoms with Crippen LogP contribution >= 0.6 is 0 Å². The number of rotatable bonds is 3. The van der Waals surface area contributed by atoms with Crippen molar-refractivity contribution in [2.75, 3.05) is 19.8 Å². The molecule has 1 unspecified atom stereocenters. The lowest BCUT2D eigenvalue weighted by Crippen LogP contribution is -2.77. The van der Waals surface area contributed by atoms with E-state index in [1.807, 2.05) is 0 Å². The Kier molecular flexibility index (Phi) is 3.03. The van der Waals surface area contributed by atoms with E-state index in [1.165, 1.54) is 4.90 Å². The first-order valence-electron chi connectivity index (χ1n) is 6.78. The number of nitrogens with two attached hydrogens (primary N) is 2. The molecule has 0 amide bonds. The van der Waals surface area contributed by atoms with E-state index in [-0.39, 0.29) is 25.1 Å². The van der Waals surface area contributed by atoms with Crippen molar-refractivity contribution in [3.05, 3.63) is 0 Å². The summed E-state index contributed by atoms with van der Waals surface area (Å²) < 4.78 is 5.42. The van der Waals surface area contributed by atoms with Gasteiger partial charge in [-0.15, -0.1) is 0 Å². The van der Waals surface area contributed by atoms with Gasteiger partial charge in [-0.1, -0.05) is 0 Å². The predicted octanol–water partition coefficient (Wildman–Crippen LogP) is -3.94. The zero-order chi connectivity index (χ0) is 15.4. The Labute approximate surface area is 121 Å². The summed E-state index contributed by atoms with van der Waals surface area (Å²) in [5, 5.41) is 33.7. The van der Waals surface area contributed by atoms with Gasteiger partial charge in [0.2, 0.25) is 5.79 Å². The minimum atomic E-state index is -2.30. The van der Waals surface area contributed by atoms with Crippen LogP contribution in [-0.4, -0.2) is 81.5 Å². The summed E-state index contributed by atoms with van der Waals surface area (Å²) >= 11 is 0. The van der Waals surface area contributed by atoms with Gasteiger partial charge in [-0.3, -0.25) is 0 Å². The molecule has 0 bridgehead atoms. The van der Waals surface area contributed by atoms with Crippen LogP contribution in [0.15, 0.2) is 9.98 Å². The van der Waals surface area contributed by atoms with Crippen LogP contribution in [-0.2, 0) is 4.74 Å². The topological polar surface area (TPSA) is 162 Å². The van der Waals surface area contributed by atoms with Gasteiger partial charge in [0.1, 0.15) is 18.2 Å². The van der Waals surface area contributed by atoms with Crippen molar-refractivity contribution in [2.24, 2.45) is 21.5 Å². The highest BCUT2D eigenvalue weighted by molar-refractivity contribution is 5.87. The maximum Gasteiger partial charge on any atom is 0.237 e. The van der Waals surface area contributed by atoms with E-state index in [2.05, 4.69) is 15.3 Å². The largest absolute Gasteiger partial charge is 0.394 e. The second-order valence-electron chi connectivity index (χ2n) is 5.37. The van der Waals surface area contributed by atoms with Crippen LogP contribution < -0.4 is 16.8 Å². The van der Waals surface area contributed by atoms with Crippen LogP contribution in [0.25, 0.3) is 0 Å². The minimum Gasteiger partial charge on any atom is -0.394 e. The molecular formula is C11H20N6O4. The van der Waals surface area contributed by atoms with E-state index in [0.717, 1.165) is 0 Å². The zero-order valence-electron chi connectivity index (χ0n) is 11.6. The lowest BCUT2D eigenvalue weighted by Gasteiger charge is -2.48. The van der Waals surface area contributed by atoms with Crippen LogP contribution in [0.4, 0.5) is 0 Å². The van der Waals surface area contributed by atoms with Crippen molar-refractivity contribution in [2.45, 2.75) is 36.6 Å². The SMILES string of the molecule is CCO[C@H]1CN2C(N)=N[C@@H](CO)C3N=C(N)N[C@@]32C1(O)O. The Bertz CT molecular complexity index is 509. The molecule has 8 N–H and O–H groups in total. The lowest BCUT2D eigenvalue weighted by molar-refractivity contribution is -0.265. The van der Waals surface area contributed by atoms with Crippen molar-refractivity contribution >= 4 is 11.9 Å². The number of ether oxygens (including phenoxy) is 1. The third-order valence-electron chi connectivity index (χ3n) is 4.30. The Hall–Kier alpha value is -1.62. The van der Waals surface area contributed by atoms with Gasteiger partial charge in [-0.25, -0.2) is 9.98 Å². The molecule has 3 heterocycles. The van der Waals surface area contributed by atoms with Gasteiger partial charge in [0.05, 0.1) is 13.2 Å². The summed E-state index contributed by atoms with van der Waals surface area (Å²) in [6.07, 6.45) is -0.912. The molecule has 3 aliphatic heterocycles. The summed E-state index contributed by atoms with van der Waals surface area (Å²) in [7, 11) is 0. The summed E-state index contributed by atoms with van der Waals surface area (Å²) in [6, 6.07) is -1.50. The number of aliphatic hydroxyl groups excluding tert-OH is 1. The lowest BCUT2D eigenvalue weighted by atomic mass is 9.86. The maximum absolute atomic E-state index is 10.7. The highest BCUT2D eigenvalue weighted by Gasteiger charge is 2.73. The quantitative estimate of drug-likeness (QED) is 0.288. The molecule has 21 heavy (non-hydrogen) atoms. The molecule has 1 saturated heterocycles. The molecule has 3 aliphatic rings. The summed E-state index contributed by atoms with van der Waals surface area (Å²) in [6.45, 7) is 1.85. The molecule has 118 valence electrons. The number of hydrogen-bond acceptors (Lipinski definition) is 10. The molecule has 10 heteroatoms. The molecule has 3 rings (SSSR count). The Morgan fingerprint density at radius 1 is 1.43 bits per heavy atom. The first kappa shape index (κ1) is 14.3. The van der Waals surface area contributed by atoms with E-state index < -0.39 is 29.6 Å². The van der Waals surface area contributed by atoms with Gasteiger partial charge in [-0.2, -0.15) is 0 Å². The van der Waals surface area contributed by atoms with Crippen LogP contribution in [0.3, 0.4) is 0 Å². The number of hydrogen-bond donors (Lipinski definition) is 6. The second kappa shape index (κ2) is 4.44. The average molecular weight is 300 g/mol. The fourth-order valence-electron chi connectivity index (χ4n) is 3.42. The van der Waals surface area contributed by atoms with E-state index in [9.17, 15) is 15.3 Å². The van der Waals surface area contributed by atoms with Crippen LogP contribution in [0.5, 0.6) is 0 Å². The Balaban J connectivity index is 2.11. The van der Waals surface area contributed by atoms with Gasteiger partial charge >= 0.3 is 0 Å². The number of nitrogens with one attached hydrogen (secondary N) is 1. The number of aliphatic hydroxyl groups is 3. The van der Waals surface area contributed by atoms with Gasteiger partial charge < -0.3 is 41.7 Å². The highest BCUT2D eigenvalue weighted by atomic mass is 16.6.